The molecule has 2 N–H and O–H groups in total. The van der Waals surface area contributed by atoms with Gasteiger partial charge in [-0.3, -0.25) is 0 Å². The number of hydrogen-bond donors (Lipinski definition) is 2. The fourth-order valence-corrected chi connectivity index (χ4v) is 2.99. The van der Waals surface area contributed by atoms with Gasteiger partial charge in [0.1, 0.15) is 0 Å². The van der Waals surface area contributed by atoms with Gasteiger partial charge >= 0.3 is 0 Å². The lowest BCUT2D eigenvalue weighted by Gasteiger charge is -2.11. The zero-order valence-corrected chi connectivity index (χ0v) is 13.5. The van der Waals surface area contributed by atoms with Crippen LogP contribution in [0.15, 0.2) is 47.1 Å². The van der Waals surface area contributed by atoms with Crippen LogP contribution in [0.3, 0.4) is 0 Å². The van der Waals surface area contributed by atoms with Gasteiger partial charge in [0.2, 0.25) is 0 Å². The summed E-state index contributed by atoms with van der Waals surface area (Å²) in [5.74, 6) is 0. The van der Waals surface area contributed by atoms with Crippen molar-refractivity contribution in [1.82, 2.24) is 4.98 Å². The van der Waals surface area contributed by atoms with Crippen molar-refractivity contribution in [3.63, 3.8) is 0 Å². The first kappa shape index (κ1) is 13.8. The quantitative estimate of drug-likeness (QED) is 0.557. The van der Waals surface area contributed by atoms with Crippen LogP contribution in [0, 0.1) is 0 Å². The maximum absolute atomic E-state index is 6.23. The first-order chi connectivity index (χ1) is 9.66. The van der Waals surface area contributed by atoms with Crippen LogP contribution in [0.5, 0.6) is 0 Å². The minimum Gasteiger partial charge on any atom is -0.380 e. The van der Waals surface area contributed by atoms with E-state index in [0.717, 1.165) is 15.7 Å². The molecule has 0 bridgehead atoms. The van der Waals surface area contributed by atoms with Gasteiger partial charge in [-0.15, -0.1) is 0 Å². The van der Waals surface area contributed by atoms with Gasteiger partial charge in [-0.1, -0.05) is 41.4 Å². The number of anilines is 1. The number of aromatic nitrogens is 1. The van der Waals surface area contributed by atoms with Crippen LogP contribution in [0.1, 0.15) is 5.56 Å². The monoisotopic (exact) mass is 368 g/mol. The van der Waals surface area contributed by atoms with Crippen LogP contribution in [-0.2, 0) is 6.54 Å². The number of fused-ring (bicyclic) bond motifs is 1. The number of hydrogen-bond acceptors (Lipinski definition) is 1. The topological polar surface area (TPSA) is 27.8 Å². The van der Waals surface area contributed by atoms with Gasteiger partial charge in [0.05, 0.1) is 21.2 Å². The van der Waals surface area contributed by atoms with Crippen molar-refractivity contribution in [2.75, 3.05) is 5.32 Å². The fraction of sp³-hybridized carbons (Fsp3) is 0.0667. The van der Waals surface area contributed by atoms with E-state index in [1.165, 1.54) is 10.9 Å². The minimum atomic E-state index is 0.523. The van der Waals surface area contributed by atoms with E-state index in [2.05, 4.69) is 44.4 Å². The number of H-pyrrole nitrogens is 1. The Morgan fingerprint density at radius 3 is 2.75 bits per heavy atom. The zero-order chi connectivity index (χ0) is 14.1. The largest absolute Gasteiger partial charge is 0.380 e. The highest BCUT2D eigenvalue weighted by Crippen LogP contribution is 2.36. The van der Waals surface area contributed by atoms with Crippen LogP contribution in [0.25, 0.3) is 10.9 Å². The first-order valence-corrected chi connectivity index (χ1v) is 7.64. The second kappa shape index (κ2) is 5.68. The van der Waals surface area contributed by atoms with Crippen molar-refractivity contribution in [3.8, 4) is 0 Å². The third-order valence-electron chi connectivity index (χ3n) is 3.18. The average Bonchev–Trinajstić information content (AvgIpc) is 2.93. The standard InChI is InChI=1S/C15H11BrCl2N2/c16-11-4-5-12(14(18)13(11)17)20-8-10-3-1-2-9-6-7-19-15(9)10/h1-7,19-20H,8H2. The lowest BCUT2D eigenvalue weighted by molar-refractivity contribution is 1.16. The van der Waals surface area contributed by atoms with Gasteiger partial charge in [-0.25, -0.2) is 0 Å². The van der Waals surface area contributed by atoms with Crippen LogP contribution in [-0.4, -0.2) is 4.98 Å². The number of aromatic amines is 1. The Bertz CT molecular complexity index is 768. The maximum atomic E-state index is 6.23. The molecule has 0 aliphatic heterocycles. The Balaban J connectivity index is 1.87. The maximum Gasteiger partial charge on any atom is 0.0835 e. The molecular formula is C15H11BrCl2N2. The highest BCUT2D eigenvalue weighted by molar-refractivity contribution is 9.10. The summed E-state index contributed by atoms with van der Waals surface area (Å²) in [5.41, 5.74) is 3.14. The number of benzene rings is 2. The minimum absolute atomic E-state index is 0.523. The smallest absolute Gasteiger partial charge is 0.0835 e. The predicted octanol–water partition coefficient (Wildman–Crippen LogP) is 5.85. The van der Waals surface area contributed by atoms with Crippen molar-refractivity contribution < 1.29 is 0 Å². The van der Waals surface area contributed by atoms with Crippen molar-refractivity contribution in [1.29, 1.82) is 0 Å². The molecule has 0 atom stereocenters. The molecular weight excluding hydrogens is 359 g/mol. The molecule has 20 heavy (non-hydrogen) atoms. The number of nitrogens with one attached hydrogen (secondary N) is 2. The number of para-hydroxylation sites is 1. The molecule has 2 aromatic carbocycles. The molecule has 0 saturated carbocycles. The van der Waals surface area contributed by atoms with Gasteiger partial charge in [0.15, 0.2) is 0 Å². The molecule has 1 heterocycles. The molecule has 3 aromatic rings. The van der Waals surface area contributed by atoms with E-state index in [1.54, 1.807) is 0 Å². The SMILES string of the molecule is Clc1c(Br)ccc(NCc2cccc3cc[nH]c23)c1Cl. The second-order valence-corrected chi connectivity index (χ2v) is 6.05. The molecule has 0 unspecified atom stereocenters. The van der Waals surface area contributed by atoms with Gasteiger partial charge in [-0.05, 0) is 45.1 Å². The zero-order valence-electron chi connectivity index (χ0n) is 10.4. The summed E-state index contributed by atoms with van der Waals surface area (Å²) in [6, 6.07) is 12.1. The van der Waals surface area contributed by atoms with Gasteiger partial charge < -0.3 is 10.3 Å². The van der Waals surface area contributed by atoms with Crippen LogP contribution >= 0.6 is 39.1 Å². The summed E-state index contributed by atoms with van der Waals surface area (Å²) < 4.78 is 0.793. The summed E-state index contributed by atoms with van der Waals surface area (Å²) in [7, 11) is 0. The van der Waals surface area contributed by atoms with Crippen molar-refractivity contribution >= 4 is 55.7 Å². The first-order valence-electron chi connectivity index (χ1n) is 6.09. The Labute approximate surface area is 135 Å². The van der Waals surface area contributed by atoms with Gasteiger partial charge in [0, 0.05) is 17.2 Å². The normalized spacial score (nSPS) is 10.9. The Morgan fingerprint density at radius 2 is 1.90 bits per heavy atom. The summed E-state index contributed by atoms with van der Waals surface area (Å²) >= 11 is 15.7. The van der Waals surface area contributed by atoms with Gasteiger partial charge in [0.25, 0.3) is 0 Å². The predicted molar refractivity (Wildman–Crippen MR) is 89.8 cm³/mol. The third-order valence-corrected chi connectivity index (χ3v) is 4.95. The summed E-state index contributed by atoms with van der Waals surface area (Å²) in [6.07, 6.45) is 1.94. The molecule has 0 aliphatic carbocycles. The molecule has 0 saturated heterocycles. The van der Waals surface area contributed by atoms with E-state index in [0.29, 0.717) is 16.6 Å². The van der Waals surface area contributed by atoms with Crippen LogP contribution in [0.4, 0.5) is 5.69 Å². The molecule has 0 amide bonds. The molecule has 102 valence electrons. The molecule has 2 nitrogen and oxygen atoms in total. The molecule has 1 aromatic heterocycles. The van der Waals surface area contributed by atoms with Crippen molar-refractivity contribution in [2.24, 2.45) is 0 Å². The second-order valence-electron chi connectivity index (χ2n) is 4.44. The molecule has 3 rings (SSSR count). The molecule has 0 spiro atoms. The Morgan fingerprint density at radius 1 is 1.05 bits per heavy atom. The summed E-state index contributed by atoms with van der Waals surface area (Å²) in [4.78, 5) is 3.25. The van der Waals surface area contributed by atoms with E-state index >= 15 is 0 Å². The van der Waals surface area contributed by atoms with Crippen molar-refractivity contribution in [3.05, 3.63) is 62.7 Å². The summed E-state index contributed by atoms with van der Waals surface area (Å²) in [6.45, 7) is 0.676. The van der Waals surface area contributed by atoms with E-state index in [-0.39, 0.29) is 0 Å². The fourth-order valence-electron chi connectivity index (χ4n) is 2.15. The van der Waals surface area contributed by atoms with E-state index in [1.807, 2.05) is 24.4 Å². The molecule has 5 heteroatoms. The van der Waals surface area contributed by atoms with E-state index in [4.69, 9.17) is 23.2 Å². The highest BCUT2D eigenvalue weighted by Gasteiger charge is 2.09. The van der Waals surface area contributed by atoms with E-state index in [9.17, 15) is 0 Å². The molecule has 0 aliphatic rings. The molecule has 0 fully saturated rings. The average molecular weight is 370 g/mol. The van der Waals surface area contributed by atoms with E-state index < -0.39 is 0 Å². The molecule has 0 radical (unpaired) electrons. The van der Waals surface area contributed by atoms with Gasteiger partial charge in [-0.2, -0.15) is 0 Å². The van der Waals surface area contributed by atoms with Crippen LogP contribution in [0.2, 0.25) is 10.0 Å². The highest BCUT2D eigenvalue weighted by atomic mass is 79.9. The number of rotatable bonds is 3. The number of halogens is 3. The third kappa shape index (κ3) is 2.53. The Kier molecular flexibility index (Phi) is 3.92. The lowest BCUT2D eigenvalue weighted by atomic mass is 10.1. The lowest BCUT2D eigenvalue weighted by Crippen LogP contribution is -2.01. The summed E-state index contributed by atoms with van der Waals surface area (Å²) in [5, 5.41) is 5.57. The van der Waals surface area contributed by atoms with Crippen LogP contribution < -0.4 is 5.32 Å². The Hall–Kier alpha value is -1.16. The van der Waals surface area contributed by atoms with Crippen molar-refractivity contribution in [2.45, 2.75) is 6.54 Å².